The lowest BCUT2D eigenvalue weighted by atomic mass is 10.0. The highest BCUT2D eigenvalue weighted by molar-refractivity contribution is 6.22. The van der Waals surface area contributed by atoms with E-state index in [0.717, 1.165) is 17.7 Å². The number of alkyl halides is 1. The van der Waals surface area contributed by atoms with Crippen molar-refractivity contribution < 1.29 is 4.42 Å². The molecule has 0 aliphatic carbocycles. The molecule has 1 unspecified atom stereocenters. The monoisotopic (exact) mass is 282 g/mol. The van der Waals surface area contributed by atoms with Crippen molar-refractivity contribution in [3.8, 4) is 0 Å². The Morgan fingerprint density at radius 1 is 0.800 bits per heavy atom. The van der Waals surface area contributed by atoms with E-state index in [4.69, 9.17) is 16.0 Å². The van der Waals surface area contributed by atoms with Crippen molar-refractivity contribution >= 4 is 11.6 Å². The van der Waals surface area contributed by atoms with Crippen LogP contribution in [0.15, 0.2) is 77.4 Å². The Hall–Kier alpha value is -1.99. The minimum Gasteiger partial charge on any atom is -0.467 e. The molecule has 1 atom stereocenters. The van der Waals surface area contributed by atoms with Crippen LogP contribution in [0.2, 0.25) is 0 Å². The van der Waals surface area contributed by atoms with E-state index in [-0.39, 0.29) is 5.38 Å². The van der Waals surface area contributed by atoms with Crippen molar-refractivity contribution in [2.24, 2.45) is 0 Å². The summed E-state index contributed by atoms with van der Waals surface area (Å²) in [5.41, 5.74) is 3.65. The van der Waals surface area contributed by atoms with E-state index in [1.807, 2.05) is 18.2 Å². The van der Waals surface area contributed by atoms with Crippen LogP contribution in [0.4, 0.5) is 0 Å². The topological polar surface area (TPSA) is 13.1 Å². The fraction of sp³-hybridized carbons (Fsp3) is 0.111. The van der Waals surface area contributed by atoms with Gasteiger partial charge in [0.1, 0.15) is 11.1 Å². The molecule has 3 aromatic rings. The number of furan rings is 1. The number of hydrogen-bond donors (Lipinski definition) is 0. The molecule has 20 heavy (non-hydrogen) atoms. The van der Waals surface area contributed by atoms with Crippen molar-refractivity contribution in [3.63, 3.8) is 0 Å². The van der Waals surface area contributed by atoms with Crippen LogP contribution in [0.1, 0.15) is 27.8 Å². The van der Waals surface area contributed by atoms with Crippen LogP contribution in [-0.2, 0) is 6.42 Å². The van der Waals surface area contributed by atoms with Crippen molar-refractivity contribution in [1.29, 1.82) is 0 Å². The Morgan fingerprint density at radius 2 is 1.50 bits per heavy atom. The Labute approximate surface area is 123 Å². The first-order chi connectivity index (χ1) is 9.83. The average Bonchev–Trinajstić information content (AvgIpc) is 3.03. The van der Waals surface area contributed by atoms with E-state index in [2.05, 4.69) is 48.5 Å². The van der Waals surface area contributed by atoms with Crippen LogP contribution in [-0.4, -0.2) is 0 Å². The maximum absolute atomic E-state index is 6.39. The van der Waals surface area contributed by atoms with Crippen molar-refractivity contribution in [3.05, 3.63) is 95.4 Å². The SMILES string of the molecule is ClC(c1ccc(Cc2ccccc2)cc1)c1ccco1. The minimum absolute atomic E-state index is 0.226. The third-order valence-corrected chi connectivity index (χ3v) is 3.78. The molecule has 1 nitrogen and oxygen atoms in total. The van der Waals surface area contributed by atoms with Crippen LogP contribution in [0.5, 0.6) is 0 Å². The van der Waals surface area contributed by atoms with E-state index in [0.29, 0.717) is 0 Å². The summed E-state index contributed by atoms with van der Waals surface area (Å²) in [5.74, 6) is 0.780. The molecule has 0 saturated heterocycles. The van der Waals surface area contributed by atoms with Gasteiger partial charge in [-0.3, -0.25) is 0 Å². The molecule has 0 aliphatic rings. The van der Waals surface area contributed by atoms with Gasteiger partial charge < -0.3 is 4.42 Å². The van der Waals surface area contributed by atoms with Gasteiger partial charge in [0, 0.05) is 0 Å². The highest BCUT2D eigenvalue weighted by atomic mass is 35.5. The average molecular weight is 283 g/mol. The Balaban J connectivity index is 1.75. The van der Waals surface area contributed by atoms with Gasteiger partial charge in [-0.25, -0.2) is 0 Å². The van der Waals surface area contributed by atoms with Gasteiger partial charge in [-0.15, -0.1) is 11.6 Å². The summed E-state index contributed by atoms with van der Waals surface area (Å²) in [7, 11) is 0. The first-order valence-corrected chi connectivity index (χ1v) is 7.07. The van der Waals surface area contributed by atoms with Crippen LogP contribution < -0.4 is 0 Å². The quantitative estimate of drug-likeness (QED) is 0.600. The van der Waals surface area contributed by atoms with Gasteiger partial charge in [0.15, 0.2) is 0 Å². The largest absolute Gasteiger partial charge is 0.467 e. The van der Waals surface area contributed by atoms with Crippen LogP contribution >= 0.6 is 11.6 Å². The number of halogens is 1. The van der Waals surface area contributed by atoms with E-state index in [1.54, 1.807) is 6.26 Å². The second kappa shape index (κ2) is 5.98. The van der Waals surface area contributed by atoms with Gasteiger partial charge in [0.05, 0.1) is 6.26 Å². The van der Waals surface area contributed by atoms with Gasteiger partial charge in [-0.05, 0) is 35.2 Å². The fourth-order valence-corrected chi connectivity index (χ4v) is 2.51. The molecule has 0 bridgehead atoms. The number of benzene rings is 2. The molecule has 1 aromatic heterocycles. The van der Waals surface area contributed by atoms with Gasteiger partial charge >= 0.3 is 0 Å². The molecule has 0 N–H and O–H groups in total. The normalized spacial score (nSPS) is 12.2. The standard InChI is InChI=1S/C18H15ClO/c19-18(17-7-4-12-20-17)16-10-8-15(9-11-16)13-14-5-2-1-3-6-14/h1-12,18H,13H2. The van der Waals surface area contributed by atoms with Crippen molar-refractivity contribution in [2.45, 2.75) is 11.8 Å². The zero-order valence-corrected chi connectivity index (χ0v) is 11.8. The smallest absolute Gasteiger partial charge is 0.126 e. The summed E-state index contributed by atoms with van der Waals surface area (Å²) < 4.78 is 5.34. The van der Waals surface area contributed by atoms with Crippen molar-refractivity contribution in [1.82, 2.24) is 0 Å². The maximum atomic E-state index is 6.39. The first kappa shape index (κ1) is 13.0. The second-order valence-electron chi connectivity index (χ2n) is 4.78. The van der Waals surface area contributed by atoms with Crippen LogP contribution in [0.25, 0.3) is 0 Å². The molecule has 0 aliphatic heterocycles. The molecule has 0 saturated carbocycles. The van der Waals surface area contributed by atoms with E-state index in [1.165, 1.54) is 11.1 Å². The van der Waals surface area contributed by atoms with E-state index >= 15 is 0 Å². The summed E-state index contributed by atoms with van der Waals surface area (Å²) >= 11 is 6.39. The molecule has 0 amide bonds. The zero-order valence-electron chi connectivity index (χ0n) is 11.0. The third kappa shape index (κ3) is 2.94. The lowest BCUT2D eigenvalue weighted by molar-refractivity contribution is 0.516. The summed E-state index contributed by atoms with van der Waals surface area (Å²) in [6, 6.07) is 22.6. The Morgan fingerprint density at radius 3 is 2.15 bits per heavy atom. The van der Waals surface area contributed by atoms with Gasteiger partial charge in [0.2, 0.25) is 0 Å². The lowest BCUT2D eigenvalue weighted by Gasteiger charge is -2.08. The lowest BCUT2D eigenvalue weighted by Crippen LogP contribution is -1.93. The second-order valence-corrected chi connectivity index (χ2v) is 5.22. The van der Waals surface area contributed by atoms with Gasteiger partial charge in [-0.1, -0.05) is 54.6 Å². The predicted molar refractivity (Wildman–Crippen MR) is 82.1 cm³/mol. The van der Waals surface area contributed by atoms with Crippen LogP contribution in [0.3, 0.4) is 0 Å². The summed E-state index contributed by atoms with van der Waals surface area (Å²) in [6.45, 7) is 0. The highest BCUT2D eigenvalue weighted by Crippen LogP contribution is 2.29. The molecular weight excluding hydrogens is 268 g/mol. The Kier molecular flexibility index (Phi) is 3.89. The molecule has 3 rings (SSSR count). The van der Waals surface area contributed by atoms with E-state index in [9.17, 15) is 0 Å². The molecule has 0 radical (unpaired) electrons. The van der Waals surface area contributed by atoms with Crippen molar-refractivity contribution in [2.75, 3.05) is 0 Å². The molecular formula is C18H15ClO. The number of rotatable bonds is 4. The molecule has 100 valence electrons. The highest BCUT2D eigenvalue weighted by Gasteiger charge is 2.13. The summed E-state index contributed by atoms with van der Waals surface area (Å²) in [4.78, 5) is 0. The molecule has 0 spiro atoms. The van der Waals surface area contributed by atoms with E-state index < -0.39 is 0 Å². The molecule has 1 heterocycles. The summed E-state index contributed by atoms with van der Waals surface area (Å²) in [5, 5.41) is -0.226. The predicted octanol–water partition coefficient (Wildman–Crippen LogP) is 5.20. The Bertz CT molecular complexity index is 642. The minimum atomic E-state index is -0.226. The zero-order chi connectivity index (χ0) is 13.8. The van der Waals surface area contributed by atoms with Gasteiger partial charge in [-0.2, -0.15) is 0 Å². The number of hydrogen-bond acceptors (Lipinski definition) is 1. The molecule has 2 heteroatoms. The third-order valence-electron chi connectivity index (χ3n) is 3.32. The summed E-state index contributed by atoms with van der Waals surface area (Å²) in [6.07, 6.45) is 2.59. The van der Waals surface area contributed by atoms with Crippen LogP contribution in [0, 0.1) is 0 Å². The fourth-order valence-electron chi connectivity index (χ4n) is 2.24. The first-order valence-electron chi connectivity index (χ1n) is 6.63. The van der Waals surface area contributed by atoms with Gasteiger partial charge in [0.25, 0.3) is 0 Å². The molecule has 0 fully saturated rings. The maximum Gasteiger partial charge on any atom is 0.126 e. The molecule has 2 aromatic carbocycles.